The minimum atomic E-state index is -0.675. The molecule has 2 fully saturated rings. The predicted octanol–water partition coefficient (Wildman–Crippen LogP) is 4.32. The highest BCUT2D eigenvalue weighted by Gasteiger charge is 2.23. The molecule has 2 atom stereocenters. The van der Waals surface area contributed by atoms with Gasteiger partial charge in [-0.2, -0.15) is 0 Å². The van der Waals surface area contributed by atoms with Crippen LogP contribution in [0.3, 0.4) is 0 Å². The fourth-order valence-electron chi connectivity index (χ4n) is 6.78. The maximum Gasteiger partial charge on any atom is 0.271 e. The van der Waals surface area contributed by atoms with Crippen molar-refractivity contribution in [1.29, 1.82) is 0 Å². The van der Waals surface area contributed by atoms with E-state index < -0.39 is 11.8 Å². The third-order valence-corrected chi connectivity index (χ3v) is 9.59. The second-order valence-electron chi connectivity index (χ2n) is 13.9. The molecule has 0 bridgehead atoms. The van der Waals surface area contributed by atoms with Gasteiger partial charge in [0.15, 0.2) is 23.0 Å². The first-order valence-electron chi connectivity index (χ1n) is 18.7. The van der Waals surface area contributed by atoms with Gasteiger partial charge in [0.1, 0.15) is 11.6 Å². The summed E-state index contributed by atoms with van der Waals surface area (Å²) < 4.78 is 0. The third kappa shape index (κ3) is 9.81. The van der Waals surface area contributed by atoms with Crippen molar-refractivity contribution >= 4 is 74.2 Å². The summed E-state index contributed by atoms with van der Waals surface area (Å²) in [6.07, 6.45) is 10.4. The lowest BCUT2D eigenvalue weighted by molar-refractivity contribution is -0.129. The molecule has 9 N–H and O–H groups in total. The van der Waals surface area contributed by atoms with Crippen LogP contribution in [0, 0.1) is 0 Å². The number of carbonyl (C=O) groups excluding carboxylic acids is 3. The summed E-state index contributed by atoms with van der Waals surface area (Å²) in [5.41, 5.74) is 14.2. The van der Waals surface area contributed by atoms with E-state index in [9.17, 15) is 14.4 Å². The lowest BCUT2D eigenvalue weighted by atomic mass is 10.1. The number of aromatic nitrogens is 6. The van der Waals surface area contributed by atoms with Crippen LogP contribution in [0.2, 0.25) is 0 Å². The molecule has 6 heterocycles. The van der Waals surface area contributed by atoms with Gasteiger partial charge in [0.05, 0.1) is 47.2 Å². The molecule has 292 valence electrons. The van der Waals surface area contributed by atoms with Gasteiger partial charge in [0.2, 0.25) is 5.91 Å². The summed E-state index contributed by atoms with van der Waals surface area (Å²) in [6, 6.07) is 19.7. The van der Waals surface area contributed by atoms with E-state index in [0.29, 0.717) is 35.4 Å². The van der Waals surface area contributed by atoms with Crippen molar-refractivity contribution in [2.75, 3.05) is 47.4 Å². The van der Waals surface area contributed by atoms with E-state index >= 15 is 0 Å². The molecule has 4 aromatic heterocycles. The topological polar surface area (TPSA) is 244 Å². The molecule has 2 aromatic carbocycles. The number of rotatable bonds is 10. The molecule has 2 aliphatic heterocycles. The van der Waals surface area contributed by atoms with E-state index in [1.807, 2.05) is 65.6 Å². The Hall–Kier alpha value is -7.01. The van der Waals surface area contributed by atoms with Crippen molar-refractivity contribution in [1.82, 2.24) is 40.1 Å². The molecule has 0 spiro atoms. The summed E-state index contributed by atoms with van der Waals surface area (Å²) >= 11 is 0. The quantitative estimate of drug-likeness (QED) is 0.103. The molecule has 0 unspecified atom stereocenters. The molecule has 0 saturated carbocycles. The molecule has 57 heavy (non-hydrogen) atoms. The van der Waals surface area contributed by atoms with Crippen LogP contribution in [0.4, 0.5) is 34.6 Å². The molecule has 0 radical (unpaired) electrons. The average Bonchev–Trinajstić information content (AvgIpc) is 3.21. The minimum absolute atomic E-state index is 0.0442. The Labute approximate surface area is 328 Å². The van der Waals surface area contributed by atoms with Gasteiger partial charge >= 0.3 is 0 Å². The zero-order chi connectivity index (χ0) is 39.7. The minimum Gasteiger partial charge on any atom is -0.365 e. The number of nitrogens with one attached hydrogen (secondary N) is 5. The number of benzene rings is 2. The molecular formula is C40H44N14O3. The Morgan fingerprint density at radius 1 is 0.702 bits per heavy atom. The number of nitrogens with two attached hydrogens (primary N) is 2. The van der Waals surface area contributed by atoms with Crippen LogP contribution in [0.25, 0.3) is 21.8 Å². The Bertz CT molecular complexity index is 2400. The van der Waals surface area contributed by atoms with Crippen molar-refractivity contribution in [3.63, 3.8) is 0 Å². The molecular weight excluding hydrogens is 725 g/mol. The van der Waals surface area contributed by atoms with Gasteiger partial charge in [-0.1, -0.05) is 36.4 Å². The Kier molecular flexibility index (Phi) is 11.8. The van der Waals surface area contributed by atoms with Crippen molar-refractivity contribution in [3.05, 3.63) is 96.8 Å². The summed E-state index contributed by atoms with van der Waals surface area (Å²) in [7, 11) is 0. The highest BCUT2D eigenvalue weighted by molar-refractivity contribution is 5.97. The second kappa shape index (κ2) is 17.6. The fraction of sp³-hybridized carbons (Fsp3) is 0.275. The maximum atomic E-state index is 11.8. The van der Waals surface area contributed by atoms with Gasteiger partial charge in [-0.25, -0.2) is 19.9 Å². The first kappa shape index (κ1) is 38.3. The molecule has 17 heteroatoms. The van der Waals surface area contributed by atoms with E-state index in [1.165, 1.54) is 6.20 Å². The van der Waals surface area contributed by atoms with Gasteiger partial charge in [-0.05, 0) is 56.5 Å². The molecule has 3 amide bonds. The molecule has 2 saturated heterocycles. The number of para-hydroxylation sites is 2. The smallest absolute Gasteiger partial charge is 0.271 e. The Morgan fingerprint density at radius 3 is 1.74 bits per heavy atom. The van der Waals surface area contributed by atoms with Crippen molar-refractivity contribution in [2.45, 2.75) is 44.7 Å². The number of amides is 3. The van der Waals surface area contributed by atoms with E-state index in [2.05, 4.69) is 56.5 Å². The van der Waals surface area contributed by atoms with E-state index in [1.54, 1.807) is 25.5 Å². The molecule has 0 aliphatic carbocycles. The summed E-state index contributed by atoms with van der Waals surface area (Å²) in [4.78, 5) is 63.3. The monoisotopic (exact) mass is 768 g/mol. The molecule has 2 aliphatic rings. The summed E-state index contributed by atoms with van der Waals surface area (Å²) in [5.74, 6) is 0.423. The zero-order valence-electron chi connectivity index (χ0n) is 31.4. The van der Waals surface area contributed by atoms with E-state index in [0.717, 1.165) is 67.1 Å². The lowest BCUT2D eigenvalue weighted by Gasteiger charge is -2.32. The van der Waals surface area contributed by atoms with E-state index in [4.69, 9.17) is 11.5 Å². The maximum absolute atomic E-state index is 11.8. The number of pyridine rings is 2. The summed E-state index contributed by atoms with van der Waals surface area (Å²) in [6.45, 7) is 4.85. The van der Waals surface area contributed by atoms with Crippen LogP contribution in [-0.4, -0.2) is 90.8 Å². The van der Waals surface area contributed by atoms with Gasteiger partial charge in [-0.3, -0.25) is 24.4 Å². The van der Waals surface area contributed by atoms with Gasteiger partial charge in [0.25, 0.3) is 11.8 Å². The molecule has 6 aromatic rings. The van der Waals surface area contributed by atoms with E-state index in [-0.39, 0.29) is 35.2 Å². The van der Waals surface area contributed by atoms with Crippen LogP contribution < -0.4 is 38.1 Å². The number of fused-ring (bicyclic) bond motifs is 2. The Balaban J connectivity index is 0.000000175. The largest absolute Gasteiger partial charge is 0.365 e. The fourth-order valence-corrected chi connectivity index (χ4v) is 6.78. The van der Waals surface area contributed by atoms with Crippen LogP contribution >= 0.6 is 0 Å². The van der Waals surface area contributed by atoms with Crippen molar-refractivity contribution in [2.24, 2.45) is 11.5 Å². The zero-order valence-corrected chi connectivity index (χ0v) is 31.4. The standard InChI is InChI=1S/C21H23N7O2.C19H21N7O/c1-13(29)28-8-4-6-15(12-28)25-18-11-24-19(20(22)30)21(27-18)26-16-9-14-5-2-3-7-17(14)23-10-16;20-18(27)17-19(25-14-8-12-4-1-2-6-15(12)22-10-14)26-16(11-23-17)24-13-5-3-7-21-9-13/h2-3,5,7,9-11,15H,4,6,8,12H2,1H3,(H2,22,30)(H2,25,26,27);1-2,4,6,8,10-11,13,21H,3,5,7,9H2,(H2,20,27)(H2,24,25,26)/t15-;13-/m00/s1. The number of carbonyl (C=O) groups is 3. The summed E-state index contributed by atoms with van der Waals surface area (Å²) in [5, 5.41) is 18.2. The van der Waals surface area contributed by atoms with Gasteiger partial charge < -0.3 is 43.0 Å². The van der Waals surface area contributed by atoms with Crippen LogP contribution in [0.15, 0.2) is 85.5 Å². The highest BCUT2D eigenvalue weighted by Crippen LogP contribution is 2.25. The van der Waals surface area contributed by atoms with Crippen LogP contribution in [0.5, 0.6) is 0 Å². The number of hydrogen-bond donors (Lipinski definition) is 7. The SMILES string of the molecule is CC(=O)N1CCC[C@H](Nc2cnc(C(N)=O)c(Nc3cnc4ccccc4c3)n2)C1.NC(=O)c1ncc(N[C@H]2CCCNC2)nc1Nc1cnc2ccccc2c1. The number of piperidine rings is 2. The lowest BCUT2D eigenvalue weighted by Crippen LogP contribution is -2.44. The first-order valence-corrected chi connectivity index (χ1v) is 18.7. The normalized spacial score (nSPS) is 16.5. The molecule has 17 nitrogen and oxygen atoms in total. The number of primary amides is 2. The van der Waals surface area contributed by atoms with Crippen molar-refractivity contribution < 1.29 is 14.4 Å². The first-order chi connectivity index (χ1) is 27.7. The molecule has 8 rings (SSSR count). The van der Waals surface area contributed by atoms with Crippen LogP contribution in [0.1, 0.15) is 53.6 Å². The number of nitrogens with zero attached hydrogens (tertiary/aromatic N) is 7. The number of anilines is 6. The van der Waals surface area contributed by atoms with Crippen LogP contribution in [-0.2, 0) is 4.79 Å². The number of likely N-dealkylation sites (tertiary alicyclic amines) is 1. The predicted molar refractivity (Wildman–Crippen MR) is 220 cm³/mol. The Morgan fingerprint density at radius 2 is 1.23 bits per heavy atom. The number of hydrogen-bond acceptors (Lipinski definition) is 14. The van der Waals surface area contributed by atoms with Gasteiger partial charge in [-0.15, -0.1) is 0 Å². The average molecular weight is 769 g/mol. The van der Waals surface area contributed by atoms with Gasteiger partial charge in [0, 0.05) is 49.4 Å². The van der Waals surface area contributed by atoms with Crippen molar-refractivity contribution in [3.8, 4) is 0 Å². The second-order valence-corrected chi connectivity index (χ2v) is 13.9. The highest BCUT2D eigenvalue weighted by atomic mass is 16.2. The third-order valence-electron chi connectivity index (χ3n) is 9.59.